The Kier molecular flexibility index (Phi) is 5.78. The fraction of sp³-hybridized carbons (Fsp3) is 0.118. The lowest BCUT2D eigenvalue weighted by Gasteiger charge is -2.10. The molecule has 2 aromatic heterocycles. The SMILES string of the molecule is O=C(CNC(=O)c1cc(C(F)(F)F)cc(Cl)n1)Nc1ccc(-n2cncn2)cc1. The summed E-state index contributed by atoms with van der Waals surface area (Å²) in [6.07, 6.45) is -1.79. The molecule has 0 aliphatic rings. The lowest BCUT2D eigenvalue weighted by atomic mass is 10.2. The Morgan fingerprint density at radius 1 is 1.14 bits per heavy atom. The number of nitrogens with one attached hydrogen (secondary N) is 2. The molecular formula is C17H12ClF3N6O2. The normalized spacial score (nSPS) is 11.2. The Labute approximate surface area is 166 Å². The van der Waals surface area contributed by atoms with Crippen LogP contribution in [0.3, 0.4) is 0 Å². The number of amides is 2. The van der Waals surface area contributed by atoms with Gasteiger partial charge in [0.05, 0.1) is 17.8 Å². The number of benzene rings is 1. The Balaban J connectivity index is 1.58. The number of nitrogens with zero attached hydrogens (tertiary/aromatic N) is 4. The number of halogens is 4. The molecule has 29 heavy (non-hydrogen) atoms. The Bertz CT molecular complexity index is 1020. The van der Waals surface area contributed by atoms with Gasteiger partial charge in [-0.2, -0.15) is 18.3 Å². The smallest absolute Gasteiger partial charge is 0.342 e. The molecule has 0 unspecified atom stereocenters. The highest BCUT2D eigenvalue weighted by Crippen LogP contribution is 2.30. The van der Waals surface area contributed by atoms with Crippen molar-refractivity contribution in [2.45, 2.75) is 6.18 Å². The molecule has 0 aliphatic carbocycles. The lowest BCUT2D eigenvalue weighted by molar-refractivity contribution is -0.137. The first kappa shape index (κ1) is 20.3. The number of hydrogen-bond acceptors (Lipinski definition) is 5. The average molecular weight is 425 g/mol. The summed E-state index contributed by atoms with van der Waals surface area (Å²) in [6.45, 7) is -0.473. The zero-order chi connectivity index (χ0) is 21.0. The molecule has 0 spiro atoms. The van der Waals surface area contributed by atoms with E-state index >= 15 is 0 Å². The maximum absolute atomic E-state index is 12.8. The number of carbonyl (C=O) groups is 2. The van der Waals surface area contributed by atoms with Crippen LogP contribution in [0.25, 0.3) is 5.69 Å². The second-order valence-corrected chi connectivity index (χ2v) is 6.07. The molecule has 1 aromatic carbocycles. The van der Waals surface area contributed by atoms with Gasteiger partial charge >= 0.3 is 6.18 Å². The number of anilines is 1. The van der Waals surface area contributed by atoms with Crippen molar-refractivity contribution in [3.05, 3.63) is 65.5 Å². The predicted molar refractivity (Wildman–Crippen MR) is 96.6 cm³/mol. The van der Waals surface area contributed by atoms with Gasteiger partial charge < -0.3 is 10.6 Å². The van der Waals surface area contributed by atoms with Crippen molar-refractivity contribution in [1.82, 2.24) is 25.1 Å². The van der Waals surface area contributed by atoms with Crippen LogP contribution in [0.4, 0.5) is 18.9 Å². The Morgan fingerprint density at radius 3 is 2.48 bits per heavy atom. The van der Waals surface area contributed by atoms with E-state index in [9.17, 15) is 22.8 Å². The summed E-state index contributed by atoms with van der Waals surface area (Å²) in [5.41, 5.74) is -0.482. The summed E-state index contributed by atoms with van der Waals surface area (Å²) >= 11 is 5.54. The van der Waals surface area contributed by atoms with Crippen LogP contribution in [0.1, 0.15) is 16.1 Å². The molecule has 150 valence electrons. The molecule has 2 heterocycles. The van der Waals surface area contributed by atoms with Crippen molar-refractivity contribution in [2.24, 2.45) is 0 Å². The number of pyridine rings is 1. The summed E-state index contributed by atoms with van der Waals surface area (Å²) in [6, 6.07) is 7.78. The van der Waals surface area contributed by atoms with Gasteiger partial charge in [0.2, 0.25) is 5.91 Å². The van der Waals surface area contributed by atoms with Gasteiger partial charge in [0.15, 0.2) is 0 Å². The van der Waals surface area contributed by atoms with Crippen molar-refractivity contribution in [3.8, 4) is 5.69 Å². The molecule has 12 heteroatoms. The quantitative estimate of drug-likeness (QED) is 0.613. The summed E-state index contributed by atoms with van der Waals surface area (Å²) < 4.78 is 39.9. The minimum absolute atomic E-state index is 0.452. The first-order valence-corrected chi connectivity index (χ1v) is 8.38. The number of rotatable bonds is 5. The van der Waals surface area contributed by atoms with E-state index in [2.05, 4.69) is 25.7 Å². The van der Waals surface area contributed by atoms with E-state index in [4.69, 9.17) is 11.6 Å². The first-order valence-electron chi connectivity index (χ1n) is 8.00. The largest absolute Gasteiger partial charge is 0.416 e. The zero-order valence-corrected chi connectivity index (χ0v) is 15.2. The standard InChI is InChI=1S/C17H12ClF3N6O2/c18-14-6-10(17(19,20)21)5-13(26-14)16(29)23-7-15(28)25-11-1-3-12(4-2-11)27-9-22-8-24-27/h1-6,8-9H,7H2,(H,23,29)(H,25,28). The number of aromatic nitrogens is 4. The molecule has 2 amide bonds. The number of alkyl halides is 3. The van der Waals surface area contributed by atoms with Gasteiger partial charge in [-0.05, 0) is 36.4 Å². The van der Waals surface area contributed by atoms with Gasteiger partial charge in [-0.25, -0.2) is 14.6 Å². The van der Waals surface area contributed by atoms with E-state index in [-0.39, 0.29) is 0 Å². The second kappa shape index (κ2) is 8.27. The summed E-state index contributed by atoms with van der Waals surface area (Å²) in [4.78, 5) is 31.4. The fourth-order valence-corrected chi connectivity index (χ4v) is 2.48. The number of hydrogen-bond donors (Lipinski definition) is 2. The number of carbonyl (C=O) groups excluding carboxylic acids is 2. The van der Waals surface area contributed by atoms with Crippen LogP contribution in [0.5, 0.6) is 0 Å². The molecule has 8 nitrogen and oxygen atoms in total. The third-order valence-corrected chi connectivity index (χ3v) is 3.79. The molecule has 0 bridgehead atoms. The minimum atomic E-state index is -4.68. The van der Waals surface area contributed by atoms with Crippen LogP contribution in [0, 0.1) is 0 Å². The summed E-state index contributed by atoms with van der Waals surface area (Å²) in [7, 11) is 0. The van der Waals surface area contributed by atoms with Gasteiger partial charge in [-0.1, -0.05) is 11.6 Å². The highest BCUT2D eigenvalue weighted by molar-refractivity contribution is 6.29. The van der Waals surface area contributed by atoms with E-state index in [1.807, 2.05) is 0 Å². The lowest BCUT2D eigenvalue weighted by Crippen LogP contribution is -2.33. The molecule has 0 radical (unpaired) electrons. The third kappa shape index (κ3) is 5.29. The molecule has 0 saturated carbocycles. The third-order valence-electron chi connectivity index (χ3n) is 3.60. The summed E-state index contributed by atoms with van der Waals surface area (Å²) in [5.74, 6) is -1.54. The maximum atomic E-state index is 12.8. The highest BCUT2D eigenvalue weighted by Gasteiger charge is 2.32. The monoisotopic (exact) mass is 424 g/mol. The molecule has 3 aromatic rings. The molecular weight excluding hydrogens is 413 g/mol. The predicted octanol–water partition coefficient (Wildman–Crippen LogP) is 2.70. The Morgan fingerprint density at radius 2 is 1.86 bits per heavy atom. The molecule has 0 fully saturated rings. The van der Waals surface area contributed by atoms with Crippen molar-refractivity contribution < 1.29 is 22.8 Å². The van der Waals surface area contributed by atoms with Gasteiger partial charge in [-0.15, -0.1) is 0 Å². The van der Waals surface area contributed by atoms with Crippen molar-refractivity contribution in [3.63, 3.8) is 0 Å². The Hall–Kier alpha value is -3.47. The van der Waals surface area contributed by atoms with Crippen LogP contribution in [0.15, 0.2) is 49.1 Å². The van der Waals surface area contributed by atoms with Gasteiger partial charge in [0.25, 0.3) is 5.91 Å². The molecule has 0 atom stereocenters. The van der Waals surface area contributed by atoms with Gasteiger partial charge in [0, 0.05) is 5.69 Å². The van der Waals surface area contributed by atoms with Crippen LogP contribution in [-0.2, 0) is 11.0 Å². The van der Waals surface area contributed by atoms with Crippen LogP contribution in [-0.4, -0.2) is 38.1 Å². The topological polar surface area (TPSA) is 102 Å². The summed E-state index contributed by atoms with van der Waals surface area (Å²) in [5, 5.41) is 8.22. The highest BCUT2D eigenvalue weighted by atomic mass is 35.5. The minimum Gasteiger partial charge on any atom is -0.342 e. The fourth-order valence-electron chi connectivity index (χ4n) is 2.27. The average Bonchev–Trinajstić information content (AvgIpc) is 3.20. The van der Waals surface area contributed by atoms with Gasteiger partial charge in [-0.3, -0.25) is 9.59 Å². The molecule has 0 aliphatic heterocycles. The van der Waals surface area contributed by atoms with E-state index in [0.29, 0.717) is 17.8 Å². The van der Waals surface area contributed by atoms with Crippen LogP contribution >= 0.6 is 11.6 Å². The van der Waals surface area contributed by atoms with Crippen molar-refractivity contribution in [2.75, 3.05) is 11.9 Å². The maximum Gasteiger partial charge on any atom is 0.416 e. The van der Waals surface area contributed by atoms with Crippen molar-refractivity contribution >= 4 is 29.1 Å². The van der Waals surface area contributed by atoms with Crippen molar-refractivity contribution in [1.29, 1.82) is 0 Å². The van der Waals surface area contributed by atoms with E-state index < -0.39 is 40.9 Å². The van der Waals surface area contributed by atoms with Crippen LogP contribution < -0.4 is 10.6 Å². The van der Waals surface area contributed by atoms with E-state index in [1.165, 1.54) is 17.3 Å². The first-order chi connectivity index (χ1) is 13.7. The van der Waals surface area contributed by atoms with E-state index in [1.54, 1.807) is 24.3 Å². The van der Waals surface area contributed by atoms with E-state index in [0.717, 1.165) is 5.69 Å². The zero-order valence-electron chi connectivity index (χ0n) is 14.4. The van der Waals surface area contributed by atoms with Crippen LogP contribution in [0.2, 0.25) is 5.15 Å². The molecule has 3 rings (SSSR count). The van der Waals surface area contributed by atoms with Gasteiger partial charge in [0.1, 0.15) is 23.5 Å². The molecule has 2 N–H and O–H groups in total. The second-order valence-electron chi connectivity index (χ2n) is 5.68. The molecule has 0 saturated heterocycles.